The lowest BCUT2D eigenvalue weighted by Gasteiger charge is -1.89. The minimum absolute atomic E-state index is 0.416. The monoisotopic (exact) mass is 186 g/mol. The maximum absolute atomic E-state index is 9.00. The number of carboxylic acid groups (broad SMARTS) is 1. The topological polar surface area (TPSA) is 57.5 Å². The van der Waals surface area contributed by atoms with Gasteiger partial charge in [-0.2, -0.15) is 0 Å². The van der Waals surface area contributed by atoms with Crippen molar-refractivity contribution in [2.24, 2.45) is 0 Å². The molecular weight excluding hydrogens is 168 g/mol. The lowest BCUT2D eigenvalue weighted by Crippen LogP contribution is -1.78. The first-order valence-corrected chi connectivity index (χ1v) is 4.16. The third-order valence-electron chi connectivity index (χ3n) is 1.05. The zero-order valence-corrected chi connectivity index (χ0v) is 8.29. The predicted molar refractivity (Wildman–Crippen MR) is 53.7 cm³/mol. The van der Waals surface area contributed by atoms with Crippen LogP contribution in [-0.2, 0) is 4.79 Å². The fraction of sp³-hybridized carbons (Fsp3) is 0.500. The van der Waals surface area contributed by atoms with E-state index in [0.717, 1.165) is 26.2 Å². The van der Waals surface area contributed by atoms with Gasteiger partial charge in [-0.3, -0.25) is 4.79 Å². The quantitative estimate of drug-likeness (QED) is 0.403. The molecular formula is C10H18O3. The summed E-state index contributed by atoms with van der Waals surface area (Å²) in [6.45, 7) is 6.37. The zero-order chi connectivity index (χ0) is 10.7. The van der Waals surface area contributed by atoms with Crippen molar-refractivity contribution < 1.29 is 15.0 Å². The van der Waals surface area contributed by atoms with E-state index >= 15 is 0 Å². The molecule has 76 valence electrons. The van der Waals surface area contributed by atoms with Gasteiger partial charge in [0.25, 0.3) is 5.97 Å². The maximum atomic E-state index is 9.00. The number of carbonyl (C=O) groups is 1. The largest absolute Gasteiger partial charge is 0.513 e. The van der Waals surface area contributed by atoms with Gasteiger partial charge >= 0.3 is 0 Å². The fourth-order valence-corrected chi connectivity index (χ4v) is 0.573. The molecule has 3 heteroatoms. The molecule has 0 saturated carbocycles. The van der Waals surface area contributed by atoms with Crippen molar-refractivity contribution in [3.8, 4) is 0 Å². The standard InChI is InChI=1S/C8H14O.C2H4O2/c1-3-4-5-6-7-8(2)9;1-2(3)4/h3,7,9H,1,4-6H2,2H3;1H3,(H,3,4). The van der Waals surface area contributed by atoms with Gasteiger partial charge in [0.1, 0.15) is 0 Å². The summed E-state index contributed by atoms with van der Waals surface area (Å²) in [4.78, 5) is 9.00. The second-order valence-corrected chi connectivity index (χ2v) is 2.58. The van der Waals surface area contributed by atoms with Crippen molar-refractivity contribution in [2.75, 3.05) is 0 Å². The predicted octanol–water partition coefficient (Wildman–Crippen LogP) is 2.90. The van der Waals surface area contributed by atoms with E-state index in [2.05, 4.69) is 6.58 Å². The van der Waals surface area contributed by atoms with Gasteiger partial charge in [-0.05, 0) is 32.3 Å². The molecule has 0 heterocycles. The zero-order valence-electron chi connectivity index (χ0n) is 8.29. The van der Waals surface area contributed by atoms with E-state index in [4.69, 9.17) is 15.0 Å². The van der Waals surface area contributed by atoms with Gasteiger partial charge in [-0.25, -0.2) is 0 Å². The van der Waals surface area contributed by atoms with Crippen LogP contribution < -0.4 is 0 Å². The molecule has 0 aromatic carbocycles. The van der Waals surface area contributed by atoms with Crippen LogP contribution in [-0.4, -0.2) is 16.2 Å². The van der Waals surface area contributed by atoms with E-state index in [0.29, 0.717) is 5.76 Å². The summed E-state index contributed by atoms with van der Waals surface area (Å²) in [6, 6.07) is 0. The van der Waals surface area contributed by atoms with Gasteiger partial charge < -0.3 is 10.2 Å². The Balaban J connectivity index is 0. The Morgan fingerprint density at radius 2 is 1.77 bits per heavy atom. The molecule has 0 saturated heterocycles. The summed E-state index contributed by atoms with van der Waals surface area (Å²) in [6.07, 6.45) is 6.78. The number of rotatable bonds is 4. The molecule has 0 rings (SSSR count). The second-order valence-electron chi connectivity index (χ2n) is 2.58. The molecule has 0 aromatic heterocycles. The van der Waals surface area contributed by atoms with Gasteiger partial charge in [-0.15, -0.1) is 6.58 Å². The molecule has 0 bridgehead atoms. The molecule has 0 atom stereocenters. The second kappa shape index (κ2) is 10.8. The molecule has 0 amide bonds. The van der Waals surface area contributed by atoms with Crippen LogP contribution in [0.15, 0.2) is 24.5 Å². The number of hydrogen-bond donors (Lipinski definition) is 2. The molecule has 0 spiro atoms. The fourth-order valence-electron chi connectivity index (χ4n) is 0.573. The lowest BCUT2D eigenvalue weighted by atomic mass is 10.2. The van der Waals surface area contributed by atoms with Crippen molar-refractivity contribution in [3.63, 3.8) is 0 Å². The summed E-state index contributed by atoms with van der Waals surface area (Å²) in [5.74, 6) is -0.418. The minimum atomic E-state index is -0.833. The van der Waals surface area contributed by atoms with E-state index in [9.17, 15) is 0 Å². The number of aliphatic hydroxyl groups is 1. The van der Waals surface area contributed by atoms with Crippen molar-refractivity contribution in [1.82, 2.24) is 0 Å². The van der Waals surface area contributed by atoms with E-state index in [1.54, 1.807) is 6.92 Å². The van der Waals surface area contributed by atoms with Crippen molar-refractivity contribution >= 4 is 5.97 Å². The third-order valence-corrected chi connectivity index (χ3v) is 1.05. The van der Waals surface area contributed by atoms with Crippen LogP contribution in [0.5, 0.6) is 0 Å². The van der Waals surface area contributed by atoms with Gasteiger partial charge in [-0.1, -0.05) is 6.08 Å². The van der Waals surface area contributed by atoms with E-state index < -0.39 is 5.97 Å². The number of aliphatic carboxylic acids is 1. The average Bonchev–Trinajstić information content (AvgIpc) is 1.97. The molecule has 0 aliphatic heterocycles. The summed E-state index contributed by atoms with van der Waals surface area (Å²) in [5, 5.41) is 16.1. The number of carboxylic acids is 1. The molecule has 2 N–H and O–H groups in total. The first kappa shape index (κ1) is 14.3. The summed E-state index contributed by atoms with van der Waals surface area (Å²) in [5.41, 5.74) is 0. The molecule has 3 nitrogen and oxygen atoms in total. The van der Waals surface area contributed by atoms with Crippen LogP contribution in [0.25, 0.3) is 0 Å². The molecule has 0 aliphatic rings. The average molecular weight is 186 g/mol. The van der Waals surface area contributed by atoms with Crippen molar-refractivity contribution in [2.45, 2.75) is 33.1 Å². The van der Waals surface area contributed by atoms with Crippen molar-refractivity contribution in [1.29, 1.82) is 0 Å². The Bertz CT molecular complexity index is 163. The van der Waals surface area contributed by atoms with Crippen LogP contribution >= 0.6 is 0 Å². The van der Waals surface area contributed by atoms with E-state index in [1.165, 1.54) is 0 Å². The Labute approximate surface area is 79.4 Å². The SMILES string of the molecule is C=CCCCC=C(C)O.CC(=O)O. The summed E-state index contributed by atoms with van der Waals surface area (Å²) >= 11 is 0. The highest BCUT2D eigenvalue weighted by Crippen LogP contribution is 1.98. The van der Waals surface area contributed by atoms with Crippen LogP contribution in [0.3, 0.4) is 0 Å². The highest BCUT2D eigenvalue weighted by Gasteiger charge is 1.81. The smallest absolute Gasteiger partial charge is 0.300 e. The molecule has 0 unspecified atom stereocenters. The van der Waals surface area contributed by atoms with E-state index in [-0.39, 0.29) is 0 Å². The Morgan fingerprint density at radius 3 is 2.08 bits per heavy atom. The normalized spacial score (nSPS) is 9.85. The van der Waals surface area contributed by atoms with Gasteiger partial charge in [0.05, 0.1) is 5.76 Å². The first-order chi connectivity index (χ1) is 6.00. The Hall–Kier alpha value is -1.25. The van der Waals surface area contributed by atoms with Crippen LogP contribution in [0, 0.1) is 0 Å². The first-order valence-electron chi connectivity index (χ1n) is 4.16. The molecule has 13 heavy (non-hydrogen) atoms. The van der Waals surface area contributed by atoms with Crippen LogP contribution in [0.2, 0.25) is 0 Å². The van der Waals surface area contributed by atoms with E-state index in [1.807, 2.05) is 12.2 Å². The van der Waals surface area contributed by atoms with Crippen LogP contribution in [0.4, 0.5) is 0 Å². The highest BCUT2D eigenvalue weighted by atomic mass is 16.4. The molecule has 0 aliphatic carbocycles. The molecule has 0 aromatic rings. The molecule has 0 radical (unpaired) electrons. The van der Waals surface area contributed by atoms with Gasteiger partial charge in [0.15, 0.2) is 0 Å². The summed E-state index contributed by atoms with van der Waals surface area (Å²) < 4.78 is 0. The molecule has 0 fully saturated rings. The summed E-state index contributed by atoms with van der Waals surface area (Å²) in [7, 11) is 0. The number of allylic oxidation sites excluding steroid dienone is 3. The Kier molecular flexibility index (Phi) is 11.8. The van der Waals surface area contributed by atoms with Gasteiger partial charge in [0, 0.05) is 6.92 Å². The minimum Gasteiger partial charge on any atom is -0.513 e. The Morgan fingerprint density at radius 1 is 1.31 bits per heavy atom. The van der Waals surface area contributed by atoms with Crippen molar-refractivity contribution in [3.05, 3.63) is 24.5 Å². The van der Waals surface area contributed by atoms with Gasteiger partial charge in [0.2, 0.25) is 0 Å². The maximum Gasteiger partial charge on any atom is 0.300 e. The third kappa shape index (κ3) is 36.5. The number of hydrogen-bond acceptors (Lipinski definition) is 2. The highest BCUT2D eigenvalue weighted by molar-refractivity contribution is 5.62. The lowest BCUT2D eigenvalue weighted by molar-refractivity contribution is -0.134. The van der Waals surface area contributed by atoms with Crippen LogP contribution in [0.1, 0.15) is 33.1 Å². The number of unbranched alkanes of at least 4 members (excludes halogenated alkanes) is 2. The number of aliphatic hydroxyl groups excluding tert-OH is 1.